The number of hydrogen-bond donors (Lipinski definition) is 0. The number of likely N-dealkylation sites (tertiary alicyclic amines) is 1. The average Bonchev–Trinajstić information content (AvgIpc) is 2.92. The van der Waals surface area contributed by atoms with Crippen molar-refractivity contribution in [2.75, 3.05) is 37.6 Å². The van der Waals surface area contributed by atoms with E-state index in [0.29, 0.717) is 43.2 Å². The van der Waals surface area contributed by atoms with Crippen LogP contribution in [0.1, 0.15) is 48.9 Å². The zero-order valence-corrected chi connectivity index (χ0v) is 20.6. The molecule has 0 saturated carbocycles. The third-order valence-electron chi connectivity index (χ3n) is 7.02. The number of para-hydroxylation sites is 2. The van der Waals surface area contributed by atoms with E-state index >= 15 is 0 Å². The van der Waals surface area contributed by atoms with Gasteiger partial charge in [0, 0.05) is 31.7 Å². The van der Waals surface area contributed by atoms with E-state index in [0.717, 1.165) is 38.5 Å². The SMILES string of the molecule is O=C(C1CN(C(=O)c2ccc(S(=O)(=O)N3CCCCC3)cc2)c2ccccc2O1)N1CCCCC1. The van der Waals surface area contributed by atoms with Crippen molar-refractivity contribution < 1.29 is 22.7 Å². The molecule has 5 rings (SSSR count). The van der Waals surface area contributed by atoms with E-state index in [9.17, 15) is 18.0 Å². The Morgan fingerprint density at radius 3 is 2.11 bits per heavy atom. The summed E-state index contributed by atoms with van der Waals surface area (Å²) in [5.41, 5.74) is 0.966. The standard InChI is InChI=1S/C26H31N3O5S/c30-25(20-11-13-21(14-12-20)35(32,33)28-17-7-2-8-18-28)29-19-24(26(31)27-15-5-1-6-16-27)34-23-10-4-3-9-22(23)29/h3-4,9-14,24H,1-2,5-8,15-19H2. The van der Waals surface area contributed by atoms with Crippen LogP contribution in [0.15, 0.2) is 53.4 Å². The second-order valence-corrected chi connectivity index (χ2v) is 11.3. The second kappa shape index (κ2) is 9.99. The minimum Gasteiger partial charge on any atom is -0.476 e. The van der Waals surface area contributed by atoms with Crippen LogP contribution in [-0.4, -0.2) is 68.3 Å². The molecule has 2 fully saturated rings. The van der Waals surface area contributed by atoms with Crippen molar-refractivity contribution in [2.24, 2.45) is 0 Å². The van der Waals surface area contributed by atoms with E-state index in [4.69, 9.17) is 4.74 Å². The van der Waals surface area contributed by atoms with E-state index < -0.39 is 16.1 Å². The summed E-state index contributed by atoms with van der Waals surface area (Å²) < 4.78 is 33.5. The highest BCUT2D eigenvalue weighted by molar-refractivity contribution is 7.89. The number of hydrogen-bond acceptors (Lipinski definition) is 5. The Balaban J connectivity index is 1.38. The first-order chi connectivity index (χ1) is 16.9. The first kappa shape index (κ1) is 23.8. The Labute approximate surface area is 206 Å². The molecule has 3 heterocycles. The van der Waals surface area contributed by atoms with Crippen molar-refractivity contribution in [3.8, 4) is 5.75 Å². The summed E-state index contributed by atoms with van der Waals surface area (Å²) in [5, 5.41) is 0. The maximum Gasteiger partial charge on any atom is 0.265 e. The van der Waals surface area contributed by atoms with Crippen molar-refractivity contribution in [1.29, 1.82) is 0 Å². The molecule has 0 bridgehead atoms. The molecule has 1 unspecified atom stereocenters. The number of ether oxygens (including phenoxy) is 1. The Bertz CT molecular complexity index is 1190. The number of benzene rings is 2. The summed E-state index contributed by atoms with van der Waals surface area (Å²) in [6.07, 6.45) is 5.07. The lowest BCUT2D eigenvalue weighted by Crippen LogP contribution is -2.52. The smallest absolute Gasteiger partial charge is 0.265 e. The van der Waals surface area contributed by atoms with Gasteiger partial charge < -0.3 is 14.5 Å². The molecule has 2 amide bonds. The molecule has 8 nitrogen and oxygen atoms in total. The van der Waals surface area contributed by atoms with Crippen LogP contribution >= 0.6 is 0 Å². The first-order valence-corrected chi connectivity index (χ1v) is 13.9. The molecule has 0 aromatic heterocycles. The van der Waals surface area contributed by atoms with Gasteiger partial charge in [-0.25, -0.2) is 8.42 Å². The Hall–Kier alpha value is -2.91. The largest absolute Gasteiger partial charge is 0.476 e. The Morgan fingerprint density at radius 2 is 1.43 bits per heavy atom. The van der Waals surface area contributed by atoms with Gasteiger partial charge in [-0.1, -0.05) is 18.6 Å². The van der Waals surface area contributed by atoms with Gasteiger partial charge in [-0.3, -0.25) is 9.59 Å². The van der Waals surface area contributed by atoms with Gasteiger partial charge in [0.25, 0.3) is 11.8 Å². The van der Waals surface area contributed by atoms with E-state index in [1.54, 1.807) is 29.2 Å². The maximum absolute atomic E-state index is 13.6. The summed E-state index contributed by atoms with van der Waals surface area (Å²) in [4.78, 5) is 30.3. The molecule has 0 N–H and O–H groups in total. The minimum atomic E-state index is -3.57. The fourth-order valence-corrected chi connectivity index (χ4v) is 6.57. The topological polar surface area (TPSA) is 87.2 Å². The molecule has 0 radical (unpaired) electrons. The number of sulfonamides is 1. The van der Waals surface area contributed by atoms with Gasteiger partial charge in [-0.05, 0) is 68.5 Å². The van der Waals surface area contributed by atoms with Crippen molar-refractivity contribution in [3.05, 3.63) is 54.1 Å². The first-order valence-electron chi connectivity index (χ1n) is 12.4. The van der Waals surface area contributed by atoms with Gasteiger partial charge in [0.05, 0.1) is 17.1 Å². The Morgan fingerprint density at radius 1 is 0.800 bits per heavy atom. The van der Waals surface area contributed by atoms with E-state index in [2.05, 4.69) is 0 Å². The zero-order valence-electron chi connectivity index (χ0n) is 19.8. The predicted molar refractivity (Wildman–Crippen MR) is 132 cm³/mol. The number of rotatable bonds is 4. The highest BCUT2D eigenvalue weighted by atomic mass is 32.2. The van der Waals surface area contributed by atoms with Gasteiger partial charge >= 0.3 is 0 Å². The molecule has 3 aliphatic rings. The van der Waals surface area contributed by atoms with Crippen molar-refractivity contribution in [1.82, 2.24) is 9.21 Å². The lowest BCUT2D eigenvalue weighted by molar-refractivity contribution is -0.139. The highest BCUT2D eigenvalue weighted by Crippen LogP contribution is 2.35. The summed E-state index contributed by atoms with van der Waals surface area (Å²) in [6.45, 7) is 2.58. The van der Waals surface area contributed by atoms with Gasteiger partial charge in [0.1, 0.15) is 5.75 Å². The fraction of sp³-hybridized carbons (Fsp3) is 0.462. The number of piperidine rings is 2. The summed E-state index contributed by atoms with van der Waals surface area (Å²) >= 11 is 0. The minimum absolute atomic E-state index is 0.0972. The van der Waals surface area contributed by atoms with Crippen LogP contribution in [0, 0.1) is 0 Å². The van der Waals surface area contributed by atoms with Crippen LogP contribution in [0.2, 0.25) is 0 Å². The average molecular weight is 498 g/mol. The number of anilines is 1. The van der Waals surface area contributed by atoms with Crippen molar-refractivity contribution in [2.45, 2.75) is 49.5 Å². The van der Waals surface area contributed by atoms with Crippen LogP contribution in [0.4, 0.5) is 5.69 Å². The quantitative estimate of drug-likeness (QED) is 0.647. The maximum atomic E-state index is 13.6. The van der Waals surface area contributed by atoms with Gasteiger partial charge in [0.2, 0.25) is 10.0 Å². The molecule has 35 heavy (non-hydrogen) atoms. The molecule has 0 spiro atoms. The van der Waals surface area contributed by atoms with Crippen LogP contribution in [-0.2, 0) is 14.8 Å². The number of carbonyl (C=O) groups excluding carboxylic acids is 2. The third-order valence-corrected chi connectivity index (χ3v) is 8.93. The molecule has 2 aromatic rings. The van der Waals surface area contributed by atoms with Gasteiger partial charge in [0.15, 0.2) is 6.10 Å². The fourth-order valence-electron chi connectivity index (χ4n) is 5.05. The number of carbonyl (C=O) groups is 2. The summed E-state index contributed by atoms with van der Waals surface area (Å²) in [7, 11) is -3.57. The lowest BCUT2D eigenvalue weighted by Gasteiger charge is -2.37. The predicted octanol–water partition coefficient (Wildman–Crippen LogP) is 3.28. The number of amides is 2. The van der Waals surface area contributed by atoms with E-state index in [-0.39, 0.29) is 23.3 Å². The van der Waals surface area contributed by atoms with Crippen LogP contribution in [0.3, 0.4) is 0 Å². The van der Waals surface area contributed by atoms with Crippen LogP contribution in [0.25, 0.3) is 0 Å². The second-order valence-electron chi connectivity index (χ2n) is 9.37. The third kappa shape index (κ3) is 4.79. The monoisotopic (exact) mass is 497 g/mol. The molecule has 3 aliphatic heterocycles. The van der Waals surface area contributed by atoms with E-state index in [1.165, 1.54) is 16.4 Å². The number of nitrogens with zero attached hydrogens (tertiary/aromatic N) is 3. The molecule has 186 valence electrons. The van der Waals surface area contributed by atoms with E-state index in [1.807, 2.05) is 17.0 Å². The highest BCUT2D eigenvalue weighted by Gasteiger charge is 2.36. The lowest BCUT2D eigenvalue weighted by atomic mass is 10.1. The normalized spacial score (nSPS) is 21.2. The molecule has 2 saturated heterocycles. The van der Waals surface area contributed by atoms with Crippen LogP contribution in [0.5, 0.6) is 5.75 Å². The van der Waals surface area contributed by atoms with Crippen LogP contribution < -0.4 is 9.64 Å². The molecule has 0 aliphatic carbocycles. The summed E-state index contributed by atoms with van der Waals surface area (Å²) in [6, 6.07) is 13.3. The van der Waals surface area contributed by atoms with Crippen molar-refractivity contribution >= 4 is 27.5 Å². The Kier molecular flexibility index (Phi) is 6.80. The molecule has 2 aromatic carbocycles. The molecular formula is C26H31N3O5S. The van der Waals surface area contributed by atoms with Crippen molar-refractivity contribution in [3.63, 3.8) is 0 Å². The summed E-state index contributed by atoms with van der Waals surface area (Å²) in [5.74, 6) is 0.103. The zero-order chi connectivity index (χ0) is 24.4. The molecular weight excluding hydrogens is 466 g/mol. The van der Waals surface area contributed by atoms with Gasteiger partial charge in [-0.2, -0.15) is 4.31 Å². The van der Waals surface area contributed by atoms with Gasteiger partial charge in [-0.15, -0.1) is 0 Å². The molecule has 9 heteroatoms. The number of fused-ring (bicyclic) bond motifs is 1. The molecule has 1 atom stereocenters.